The van der Waals surface area contributed by atoms with E-state index in [4.69, 9.17) is 19.9 Å². The van der Waals surface area contributed by atoms with Gasteiger partial charge in [0.2, 0.25) is 5.91 Å². The van der Waals surface area contributed by atoms with Crippen LogP contribution in [0.5, 0.6) is 11.5 Å². The van der Waals surface area contributed by atoms with Crippen LogP contribution in [-0.4, -0.2) is 55.4 Å². The summed E-state index contributed by atoms with van der Waals surface area (Å²) >= 11 is 0. The van der Waals surface area contributed by atoms with Crippen LogP contribution in [0.3, 0.4) is 0 Å². The number of hydrogen-bond donors (Lipinski definition) is 1. The molecular weight excluding hydrogens is 320 g/mol. The normalized spacial score (nSPS) is 29.6. The molecule has 2 N–H and O–H groups in total. The zero-order valence-corrected chi connectivity index (χ0v) is 15.5. The third-order valence-electron chi connectivity index (χ3n) is 5.60. The van der Waals surface area contributed by atoms with Gasteiger partial charge < -0.3 is 24.8 Å². The Balaban J connectivity index is 1.62. The Morgan fingerprint density at radius 1 is 1.36 bits per heavy atom. The second-order valence-corrected chi connectivity index (χ2v) is 7.52. The van der Waals surface area contributed by atoms with E-state index in [1.165, 1.54) is 0 Å². The van der Waals surface area contributed by atoms with Gasteiger partial charge in [0.25, 0.3) is 0 Å². The lowest BCUT2D eigenvalue weighted by Gasteiger charge is -2.58. The Labute approximate surface area is 149 Å². The van der Waals surface area contributed by atoms with Gasteiger partial charge in [-0.15, -0.1) is 0 Å². The quantitative estimate of drug-likeness (QED) is 0.878. The van der Waals surface area contributed by atoms with Gasteiger partial charge in [0.1, 0.15) is 12.1 Å². The Morgan fingerprint density at radius 3 is 2.68 bits per heavy atom. The first kappa shape index (κ1) is 18.0. The molecule has 6 heteroatoms. The number of hydrogen-bond acceptors (Lipinski definition) is 5. The smallest absolute Gasteiger partial charge is 0.243 e. The summed E-state index contributed by atoms with van der Waals surface area (Å²) < 4.78 is 17.4. The summed E-state index contributed by atoms with van der Waals surface area (Å²) in [6.45, 7) is 7.43. The van der Waals surface area contributed by atoms with E-state index in [0.29, 0.717) is 31.9 Å². The van der Waals surface area contributed by atoms with E-state index < -0.39 is 11.0 Å². The number of fused-ring (bicyclic) bond motifs is 1. The van der Waals surface area contributed by atoms with Gasteiger partial charge in [0.05, 0.1) is 12.6 Å². The number of benzene rings is 1. The molecule has 1 aliphatic heterocycles. The Bertz CT molecular complexity index is 648. The first-order chi connectivity index (χ1) is 11.8. The maximum absolute atomic E-state index is 13.0. The highest BCUT2D eigenvalue weighted by Crippen LogP contribution is 2.50. The average molecular weight is 348 g/mol. The van der Waals surface area contributed by atoms with Crippen molar-refractivity contribution in [2.45, 2.75) is 44.9 Å². The highest BCUT2D eigenvalue weighted by Gasteiger charge is 2.63. The van der Waals surface area contributed by atoms with Crippen molar-refractivity contribution in [3.8, 4) is 11.5 Å². The highest BCUT2D eigenvalue weighted by molar-refractivity contribution is 5.88. The first-order valence-electron chi connectivity index (χ1n) is 8.84. The Kier molecular flexibility index (Phi) is 4.68. The molecule has 0 saturated heterocycles. The summed E-state index contributed by atoms with van der Waals surface area (Å²) in [4.78, 5) is 14.6. The minimum absolute atomic E-state index is 0.0148. The standard InChI is InChI=1S/C19H28N2O4/c1-5-23-16-10-19(20,18(16,2)3)17(22)21(4)11-13-12-24-14-8-6-7-9-15(14)25-13/h6-9,13,16H,5,10-12,20H2,1-4H3. The molecule has 0 bridgehead atoms. The molecule has 0 aromatic heterocycles. The van der Waals surface area contributed by atoms with Gasteiger partial charge in [-0.3, -0.25) is 4.79 Å². The Morgan fingerprint density at radius 2 is 2.04 bits per heavy atom. The Hall–Kier alpha value is -1.79. The number of para-hydroxylation sites is 2. The predicted molar refractivity (Wildman–Crippen MR) is 94.7 cm³/mol. The van der Waals surface area contributed by atoms with Crippen LogP contribution in [0.4, 0.5) is 0 Å². The molecule has 2 aliphatic rings. The largest absolute Gasteiger partial charge is 0.486 e. The molecule has 0 spiro atoms. The molecule has 0 radical (unpaired) electrons. The van der Waals surface area contributed by atoms with Crippen molar-refractivity contribution in [2.24, 2.45) is 11.1 Å². The lowest BCUT2D eigenvalue weighted by Crippen LogP contribution is -2.76. The van der Waals surface area contributed by atoms with Gasteiger partial charge in [-0.1, -0.05) is 26.0 Å². The van der Waals surface area contributed by atoms with Crippen LogP contribution in [-0.2, 0) is 9.53 Å². The van der Waals surface area contributed by atoms with Crippen molar-refractivity contribution in [1.82, 2.24) is 4.90 Å². The number of ether oxygens (including phenoxy) is 3. The van der Waals surface area contributed by atoms with Gasteiger partial charge in [-0.05, 0) is 19.1 Å². The van der Waals surface area contributed by atoms with Crippen molar-refractivity contribution in [3.63, 3.8) is 0 Å². The zero-order chi connectivity index (χ0) is 18.2. The van der Waals surface area contributed by atoms with E-state index >= 15 is 0 Å². The lowest BCUT2D eigenvalue weighted by atomic mass is 9.54. The molecule has 1 aromatic carbocycles. The van der Waals surface area contributed by atoms with E-state index in [2.05, 4.69) is 0 Å². The van der Waals surface area contributed by atoms with Gasteiger partial charge >= 0.3 is 0 Å². The summed E-state index contributed by atoms with van der Waals surface area (Å²) in [5, 5.41) is 0. The van der Waals surface area contributed by atoms with Crippen LogP contribution in [0.25, 0.3) is 0 Å². The average Bonchev–Trinajstić information content (AvgIpc) is 2.60. The summed E-state index contributed by atoms with van der Waals surface area (Å²) in [5.41, 5.74) is 5.18. The van der Waals surface area contributed by atoms with Crippen LogP contribution in [0.1, 0.15) is 27.2 Å². The van der Waals surface area contributed by atoms with Crippen LogP contribution in [0.15, 0.2) is 24.3 Å². The van der Waals surface area contributed by atoms with Crippen molar-refractivity contribution in [1.29, 1.82) is 0 Å². The minimum Gasteiger partial charge on any atom is -0.486 e. The first-order valence-corrected chi connectivity index (χ1v) is 8.84. The third-order valence-corrected chi connectivity index (χ3v) is 5.60. The van der Waals surface area contributed by atoms with Crippen molar-refractivity contribution < 1.29 is 19.0 Å². The molecule has 1 saturated carbocycles. The van der Waals surface area contributed by atoms with Crippen LogP contribution >= 0.6 is 0 Å². The number of nitrogens with zero attached hydrogens (tertiary/aromatic N) is 1. The van der Waals surface area contributed by atoms with Crippen molar-refractivity contribution in [2.75, 3.05) is 26.8 Å². The lowest BCUT2D eigenvalue weighted by molar-refractivity contribution is -0.179. The fraction of sp³-hybridized carbons (Fsp3) is 0.632. The van der Waals surface area contributed by atoms with E-state index in [-0.39, 0.29) is 18.1 Å². The molecule has 1 heterocycles. The monoisotopic (exact) mass is 348 g/mol. The molecule has 3 atom stereocenters. The van der Waals surface area contributed by atoms with Gasteiger partial charge in [-0.25, -0.2) is 0 Å². The van der Waals surface area contributed by atoms with E-state index in [1.54, 1.807) is 11.9 Å². The number of carbonyl (C=O) groups is 1. The van der Waals surface area contributed by atoms with E-state index in [9.17, 15) is 4.79 Å². The maximum Gasteiger partial charge on any atom is 0.243 e. The molecule has 6 nitrogen and oxygen atoms in total. The van der Waals surface area contributed by atoms with Gasteiger partial charge in [0, 0.05) is 25.5 Å². The molecule has 1 aliphatic carbocycles. The van der Waals surface area contributed by atoms with Crippen molar-refractivity contribution in [3.05, 3.63) is 24.3 Å². The number of likely N-dealkylation sites (N-methyl/N-ethyl adjacent to an activating group) is 1. The molecule has 138 valence electrons. The van der Waals surface area contributed by atoms with E-state index in [1.807, 2.05) is 45.0 Å². The number of rotatable bonds is 5. The van der Waals surface area contributed by atoms with Crippen LogP contribution in [0, 0.1) is 5.41 Å². The highest BCUT2D eigenvalue weighted by atomic mass is 16.6. The van der Waals surface area contributed by atoms with Gasteiger partial charge in [0.15, 0.2) is 17.6 Å². The topological polar surface area (TPSA) is 74.0 Å². The fourth-order valence-electron chi connectivity index (χ4n) is 3.68. The summed E-state index contributed by atoms with van der Waals surface area (Å²) in [6.07, 6.45) is 0.348. The van der Waals surface area contributed by atoms with Gasteiger partial charge in [-0.2, -0.15) is 0 Å². The van der Waals surface area contributed by atoms with E-state index in [0.717, 1.165) is 5.75 Å². The molecule has 1 aromatic rings. The summed E-state index contributed by atoms with van der Waals surface area (Å²) in [6, 6.07) is 7.55. The summed E-state index contributed by atoms with van der Waals surface area (Å²) in [5.74, 6) is 1.38. The fourth-order valence-corrected chi connectivity index (χ4v) is 3.68. The second-order valence-electron chi connectivity index (χ2n) is 7.52. The molecule has 25 heavy (non-hydrogen) atoms. The van der Waals surface area contributed by atoms with Crippen molar-refractivity contribution >= 4 is 5.91 Å². The maximum atomic E-state index is 13.0. The summed E-state index contributed by atoms with van der Waals surface area (Å²) in [7, 11) is 1.77. The number of carbonyl (C=O) groups excluding carboxylic acids is 1. The minimum atomic E-state index is -0.908. The predicted octanol–water partition coefficient (Wildman–Crippen LogP) is 1.82. The molecule has 3 rings (SSSR count). The SMILES string of the molecule is CCOC1CC(N)(C(=O)N(C)CC2COc3ccccc3O2)C1(C)C. The number of amides is 1. The second kappa shape index (κ2) is 6.50. The molecule has 1 amide bonds. The molecule has 3 unspecified atom stereocenters. The zero-order valence-electron chi connectivity index (χ0n) is 15.5. The third kappa shape index (κ3) is 2.98. The molecular formula is C19H28N2O4. The molecule has 1 fully saturated rings. The van der Waals surface area contributed by atoms with Crippen LogP contribution < -0.4 is 15.2 Å². The van der Waals surface area contributed by atoms with Crippen LogP contribution in [0.2, 0.25) is 0 Å². The number of nitrogens with two attached hydrogens (primary N) is 1.